The second-order valence-corrected chi connectivity index (χ2v) is 10.5. The highest BCUT2D eigenvalue weighted by Crippen LogP contribution is 2.42. The molecular formula is C24H31NO5S. The summed E-state index contributed by atoms with van der Waals surface area (Å²) in [6.07, 6.45) is 4.37. The molecule has 168 valence electrons. The van der Waals surface area contributed by atoms with E-state index in [1.807, 2.05) is 24.3 Å². The second kappa shape index (κ2) is 9.49. The number of ether oxygens (including phenoxy) is 3. The van der Waals surface area contributed by atoms with Crippen molar-refractivity contribution < 1.29 is 22.6 Å². The van der Waals surface area contributed by atoms with Crippen molar-refractivity contribution in [3.05, 3.63) is 48.0 Å². The summed E-state index contributed by atoms with van der Waals surface area (Å²) in [4.78, 5) is 2.72. The maximum atomic E-state index is 13.0. The summed E-state index contributed by atoms with van der Waals surface area (Å²) >= 11 is 0. The molecule has 0 saturated carbocycles. The number of sulfone groups is 1. The van der Waals surface area contributed by atoms with Crippen molar-refractivity contribution in [3.63, 3.8) is 0 Å². The molecule has 2 atom stereocenters. The fourth-order valence-corrected chi connectivity index (χ4v) is 5.88. The molecule has 0 spiro atoms. The Bertz CT molecular complexity index is 984. The Kier molecular flexibility index (Phi) is 6.72. The van der Waals surface area contributed by atoms with Crippen LogP contribution >= 0.6 is 0 Å². The SMILES string of the molecule is COc1ccc2c(c1)O[C@@H](c1ccc(OCCCN3CCCCC3)cc1)[C@H](C)S2(=O)=O. The van der Waals surface area contributed by atoms with Gasteiger partial charge in [-0.2, -0.15) is 0 Å². The molecule has 1 saturated heterocycles. The van der Waals surface area contributed by atoms with Crippen LogP contribution in [0.25, 0.3) is 0 Å². The molecule has 2 aromatic rings. The van der Waals surface area contributed by atoms with Gasteiger partial charge in [-0.3, -0.25) is 0 Å². The molecule has 2 aromatic carbocycles. The Hall–Kier alpha value is -2.25. The van der Waals surface area contributed by atoms with Gasteiger partial charge in [0.25, 0.3) is 0 Å². The molecule has 2 aliphatic rings. The van der Waals surface area contributed by atoms with E-state index in [1.165, 1.54) is 32.4 Å². The van der Waals surface area contributed by atoms with Gasteiger partial charge in [0.2, 0.25) is 0 Å². The van der Waals surface area contributed by atoms with Gasteiger partial charge in [0.05, 0.1) is 13.7 Å². The molecule has 7 heteroatoms. The summed E-state index contributed by atoms with van der Waals surface area (Å²) in [6.45, 7) is 5.84. The number of likely N-dealkylation sites (tertiary alicyclic amines) is 1. The summed E-state index contributed by atoms with van der Waals surface area (Å²) in [7, 11) is -1.95. The third-order valence-corrected chi connectivity index (χ3v) is 8.35. The lowest BCUT2D eigenvalue weighted by Gasteiger charge is -2.31. The van der Waals surface area contributed by atoms with Gasteiger partial charge in [-0.15, -0.1) is 0 Å². The Morgan fingerprint density at radius 3 is 2.45 bits per heavy atom. The maximum absolute atomic E-state index is 13.0. The highest BCUT2D eigenvalue weighted by atomic mass is 32.2. The van der Waals surface area contributed by atoms with Gasteiger partial charge in [-0.1, -0.05) is 18.6 Å². The molecule has 0 bridgehead atoms. The zero-order chi connectivity index (χ0) is 21.8. The molecule has 0 aliphatic carbocycles. The fraction of sp³-hybridized carbons (Fsp3) is 0.500. The molecule has 1 fully saturated rings. The van der Waals surface area contributed by atoms with Crippen molar-refractivity contribution in [2.24, 2.45) is 0 Å². The largest absolute Gasteiger partial charge is 0.497 e. The molecule has 2 aliphatic heterocycles. The van der Waals surface area contributed by atoms with Gasteiger partial charge < -0.3 is 19.1 Å². The van der Waals surface area contributed by atoms with Gasteiger partial charge in [-0.25, -0.2) is 8.42 Å². The van der Waals surface area contributed by atoms with E-state index in [0.717, 1.165) is 24.3 Å². The Morgan fingerprint density at radius 2 is 1.74 bits per heavy atom. The van der Waals surface area contributed by atoms with Crippen LogP contribution in [-0.4, -0.2) is 51.9 Å². The number of methoxy groups -OCH3 is 1. The van der Waals surface area contributed by atoms with E-state index >= 15 is 0 Å². The fourth-order valence-electron chi connectivity index (χ4n) is 4.29. The first-order chi connectivity index (χ1) is 15.0. The quantitative estimate of drug-likeness (QED) is 0.594. The van der Waals surface area contributed by atoms with Crippen molar-refractivity contribution in [2.75, 3.05) is 33.4 Å². The maximum Gasteiger partial charge on any atom is 0.188 e. The van der Waals surface area contributed by atoms with E-state index in [0.29, 0.717) is 18.1 Å². The van der Waals surface area contributed by atoms with E-state index in [-0.39, 0.29) is 4.90 Å². The van der Waals surface area contributed by atoms with Crippen molar-refractivity contribution in [3.8, 4) is 17.2 Å². The number of rotatable bonds is 7. The highest BCUT2D eigenvalue weighted by molar-refractivity contribution is 7.92. The van der Waals surface area contributed by atoms with Gasteiger partial charge >= 0.3 is 0 Å². The predicted octanol–water partition coefficient (Wildman–Crippen LogP) is 4.25. The molecule has 0 aromatic heterocycles. The molecule has 0 unspecified atom stereocenters. The van der Waals surface area contributed by atoms with Crippen molar-refractivity contribution in [1.29, 1.82) is 0 Å². The van der Waals surface area contributed by atoms with Crippen LogP contribution in [0.2, 0.25) is 0 Å². The van der Waals surface area contributed by atoms with E-state index in [1.54, 1.807) is 32.2 Å². The summed E-state index contributed by atoms with van der Waals surface area (Å²) in [5, 5.41) is -0.690. The van der Waals surface area contributed by atoms with Crippen LogP contribution in [0.5, 0.6) is 17.2 Å². The first-order valence-corrected chi connectivity index (χ1v) is 12.6. The number of piperidine rings is 1. The van der Waals surface area contributed by atoms with E-state index in [4.69, 9.17) is 14.2 Å². The summed E-state index contributed by atoms with van der Waals surface area (Å²) in [5.41, 5.74) is 0.810. The van der Waals surface area contributed by atoms with E-state index in [9.17, 15) is 8.42 Å². The standard InChI is InChI=1S/C24H31NO5S/c1-18-24(30-22-17-21(28-2)11-12-23(22)31(18,26)27)19-7-9-20(10-8-19)29-16-6-15-25-13-4-3-5-14-25/h7-12,17-18,24H,3-6,13-16H2,1-2H3/t18-,24+/m0/s1. The lowest BCUT2D eigenvalue weighted by Crippen LogP contribution is -2.34. The Labute approximate surface area is 185 Å². The average molecular weight is 446 g/mol. The molecule has 0 N–H and O–H groups in total. The molecule has 0 radical (unpaired) electrons. The van der Waals surface area contributed by atoms with Crippen LogP contribution in [0.3, 0.4) is 0 Å². The minimum absolute atomic E-state index is 0.214. The van der Waals surface area contributed by atoms with E-state index in [2.05, 4.69) is 4.90 Å². The molecule has 0 amide bonds. The van der Waals surface area contributed by atoms with Crippen molar-refractivity contribution in [2.45, 2.75) is 48.9 Å². The minimum atomic E-state index is -3.50. The van der Waals surface area contributed by atoms with Crippen LogP contribution in [0.1, 0.15) is 44.3 Å². The van der Waals surface area contributed by atoms with Crippen LogP contribution < -0.4 is 14.2 Å². The monoisotopic (exact) mass is 445 g/mol. The number of fused-ring (bicyclic) bond motifs is 1. The Morgan fingerprint density at radius 1 is 1.03 bits per heavy atom. The lowest BCUT2D eigenvalue weighted by molar-refractivity contribution is 0.187. The van der Waals surface area contributed by atoms with Crippen molar-refractivity contribution >= 4 is 9.84 Å². The van der Waals surface area contributed by atoms with Crippen LogP contribution in [0.4, 0.5) is 0 Å². The zero-order valence-electron chi connectivity index (χ0n) is 18.2. The molecule has 2 heterocycles. The van der Waals surface area contributed by atoms with Gasteiger partial charge in [0.15, 0.2) is 9.84 Å². The second-order valence-electron chi connectivity index (χ2n) is 8.27. The van der Waals surface area contributed by atoms with Gasteiger partial charge in [0, 0.05) is 12.6 Å². The normalized spacial score (nSPS) is 22.9. The molecule has 31 heavy (non-hydrogen) atoms. The minimum Gasteiger partial charge on any atom is -0.497 e. The summed E-state index contributed by atoms with van der Waals surface area (Å²) < 4.78 is 43.2. The molecule has 6 nitrogen and oxygen atoms in total. The van der Waals surface area contributed by atoms with Gasteiger partial charge in [-0.05, 0) is 69.1 Å². The summed E-state index contributed by atoms with van der Waals surface area (Å²) in [6, 6.07) is 12.4. The third kappa shape index (κ3) is 4.83. The van der Waals surface area contributed by atoms with Crippen LogP contribution in [0, 0.1) is 0 Å². The van der Waals surface area contributed by atoms with Crippen LogP contribution in [0.15, 0.2) is 47.4 Å². The average Bonchev–Trinajstić information content (AvgIpc) is 2.80. The van der Waals surface area contributed by atoms with Gasteiger partial charge in [0.1, 0.15) is 33.5 Å². The smallest absolute Gasteiger partial charge is 0.188 e. The van der Waals surface area contributed by atoms with Crippen molar-refractivity contribution in [1.82, 2.24) is 4.90 Å². The number of benzene rings is 2. The first-order valence-electron chi connectivity index (χ1n) is 11.0. The number of hydrogen-bond acceptors (Lipinski definition) is 6. The third-order valence-electron chi connectivity index (χ3n) is 6.17. The summed E-state index contributed by atoms with van der Waals surface area (Å²) in [5.74, 6) is 1.69. The zero-order valence-corrected chi connectivity index (χ0v) is 19.1. The highest BCUT2D eigenvalue weighted by Gasteiger charge is 2.40. The number of nitrogens with zero attached hydrogens (tertiary/aromatic N) is 1. The molecular weight excluding hydrogens is 414 g/mol. The number of hydrogen-bond donors (Lipinski definition) is 0. The first kappa shape index (κ1) is 22.0. The topological polar surface area (TPSA) is 65.1 Å². The predicted molar refractivity (Wildman–Crippen MR) is 120 cm³/mol. The van der Waals surface area contributed by atoms with E-state index < -0.39 is 21.2 Å². The van der Waals surface area contributed by atoms with Crippen LogP contribution in [-0.2, 0) is 9.84 Å². The lowest BCUT2D eigenvalue weighted by atomic mass is 10.1. The Balaban J connectivity index is 1.40. The molecule has 4 rings (SSSR count).